The zero-order valence-electron chi connectivity index (χ0n) is 9.20. The maximum Gasteiger partial charge on any atom is 0.129 e. The van der Waals surface area contributed by atoms with E-state index in [1.54, 1.807) is 0 Å². The molecule has 1 unspecified atom stereocenters. The molecule has 5 heteroatoms. The van der Waals surface area contributed by atoms with E-state index in [4.69, 9.17) is 5.73 Å². The van der Waals surface area contributed by atoms with Gasteiger partial charge in [0.2, 0.25) is 0 Å². The zero-order chi connectivity index (χ0) is 13.3. The molecule has 2 rings (SSSR count). The molecule has 3 N–H and O–H groups in total. The number of anilines is 1. The molecule has 2 aromatic rings. The fourth-order valence-corrected chi connectivity index (χ4v) is 1.67. The highest BCUT2D eigenvalue weighted by Gasteiger charge is 2.18. The summed E-state index contributed by atoms with van der Waals surface area (Å²) in [4.78, 5) is 0. The van der Waals surface area contributed by atoms with Crippen molar-refractivity contribution in [2.45, 2.75) is 6.10 Å². The normalized spacial score (nSPS) is 12.4. The molecule has 0 heterocycles. The highest BCUT2D eigenvalue weighted by Crippen LogP contribution is 2.29. The molecule has 0 aliphatic rings. The molecule has 0 fully saturated rings. The molecule has 18 heavy (non-hydrogen) atoms. The van der Waals surface area contributed by atoms with Crippen LogP contribution in [0, 0.1) is 17.5 Å². The van der Waals surface area contributed by atoms with Gasteiger partial charge in [0.05, 0.1) is 0 Å². The fourth-order valence-electron chi connectivity index (χ4n) is 1.67. The molecule has 0 aliphatic heterocycles. The third-order valence-corrected chi connectivity index (χ3v) is 2.60. The van der Waals surface area contributed by atoms with Gasteiger partial charge in [-0.05, 0) is 36.4 Å². The number of aliphatic hydroxyl groups excluding tert-OH is 1. The van der Waals surface area contributed by atoms with Gasteiger partial charge in [-0.15, -0.1) is 0 Å². The van der Waals surface area contributed by atoms with E-state index in [-0.39, 0.29) is 16.8 Å². The third-order valence-electron chi connectivity index (χ3n) is 2.60. The van der Waals surface area contributed by atoms with Crippen molar-refractivity contribution in [1.82, 2.24) is 0 Å². The van der Waals surface area contributed by atoms with Crippen LogP contribution < -0.4 is 5.73 Å². The van der Waals surface area contributed by atoms with E-state index in [1.807, 2.05) is 0 Å². The van der Waals surface area contributed by atoms with Gasteiger partial charge in [0, 0.05) is 16.8 Å². The van der Waals surface area contributed by atoms with Crippen LogP contribution in [0.4, 0.5) is 18.9 Å². The van der Waals surface area contributed by atoms with Crippen LogP contribution in [-0.4, -0.2) is 5.11 Å². The first kappa shape index (κ1) is 12.4. The summed E-state index contributed by atoms with van der Waals surface area (Å²) in [6.45, 7) is 0. The minimum Gasteiger partial charge on any atom is -0.398 e. The Kier molecular flexibility index (Phi) is 3.25. The lowest BCUT2D eigenvalue weighted by Crippen LogP contribution is -2.07. The molecule has 0 saturated carbocycles. The highest BCUT2D eigenvalue weighted by atomic mass is 19.1. The molecule has 0 bridgehead atoms. The fraction of sp³-hybridized carbons (Fsp3) is 0.0769. The van der Waals surface area contributed by atoms with Gasteiger partial charge in [-0.2, -0.15) is 0 Å². The molecule has 94 valence electrons. The van der Waals surface area contributed by atoms with Gasteiger partial charge < -0.3 is 10.8 Å². The monoisotopic (exact) mass is 253 g/mol. The second-order valence-electron chi connectivity index (χ2n) is 3.84. The van der Waals surface area contributed by atoms with Crippen LogP contribution >= 0.6 is 0 Å². The number of nitrogen functional groups attached to an aromatic ring is 1. The Bertz CT molecular complexity index is 535. The van der Waals surface area contributed by atoms with E-state index in [9.17, 15) is 18.3 Å². The van der Waals surface area contributed by atoms with Crippen molar-refractivity contribution in [3.63, 3.8) is 0 Å². The number of aliphatic hydroxyl groups is 1. The minimum absolute atomic E-state index is 0.000463. The van der Waals surface area contributed by atoms with E-state index in [1.165, 1.54) is 6.07 Å². The van der Waals surface area contributed by atoms with Gasteiger partial charge in [-0.3, -0.25) is 0 Å². The molecule has 0 saturated heterocycles. The first-order valence-electron chi connectivity index (χ1n) is 5.17. The number of hydrogen-bond donors (Lipinski definition) is 2. The summed E-state index contributed by atoms with van der Waals surface area (Å²) in [6.07, 6.45) is -1.52. The van der Waals surface area contributed by atoms with Crippen molar-refractivity contribution in [2.75, 3.05) is 5.73 Å². The van der Waals surface area contributed by atoms with Gasteiger partial charge in [0.1, 0.15) is 23.6 Å². The number of rotatable bonds is 2. The Hall–Kier alpha value is -2.01. The SMILES string of the molecule is Nc1ccc(F)cc1C(O)c1cc(F)ccc1F. The first-order chi connectivity index (χ1) is 8.49. The van der Waals surface area contributed by atoms with E-state index >= 15 is 0 Å². The van der Waals surface area contributed by atoms with Crippen LogP contribution in [0.5, 0.6) is 0 Å². The number of benzene rings is 2. The molecule has 0 aliphatic carbocycles. The van der Waals surface area contributed by atoms with Crippen LogP contribution in [0.1, 0.15) is 17.2 Å². The second-order valence-corrected chi connectivity index (χ2v) is 3.84. The standard InChI is InChI=1S/C13H10F3NO/c14-7-1-3-11(16)9(5-7)13(18)10-6-8(15)2-4-12(10)17/h1-6,13,18H,17H2. The topological polar surface area (TPSA) is 46.2 Å². The summed E-state index contributed by atoms with van der Waals surface area (Å²) in [5.74, 6) is -2.09. The lowest BCUT2D eigenvalue weighted by Gasteiger charge is -2.14. The van der Waals surface area contributed by atoms with Gasteiger partial charge >= 0.3 is 0 Å². The Balaban J connectivity index is 2.50. The summed E-state index contributed by atoms with van der Waals surface area (Å²) in [7, 11) is 0. The molecule has 2 nitrogen and oxygen atoms in total. The molecule has 2 aromatic carbocycles. The Morgan fingerprint density at radius 1 is 0.889 bits per heavy atom. The minimum atomic E-state index is -1.52. The van der Waals surface area contributed by atoms with Crippen molar-refractivity contribution in [3.05, 3.63) is 65.0 Å². The lowest BCUT2D eigenvalue weighted by atomic mass is 9.99. The average molecular weight is 253 g/mol. The Labute approximate surface area is 101 Å². The number of hydrogen-bond acceptors (Lipinski definition) is 2. The molecule has 0 spiro atoms. The molecular weight excluding hydrogens is 243 g/mol. The van der Waals surface area contributed by atoms with Crippen LogP contribution in [0.2, 0.25) is 0 Å². The van der Waals surface area contributed by atoms with Gasteiger partial charge in [0.15, 0.2) is 0 Å². The Morgan fingerprint density at radius 3 is 2.11 bits per heavy atom. The highest BCUT2D eigenvalue weighted by molar-refractivity contribution is 5.50. The molecule has 1 atom stereocenters. The van der Waals surface area contributed by atoms with Crippen molar-refractivity contribution in [1.29, 1.82) is 0 Å². The van der Waals surface area contributed by atoms with E-state index in [0.717, 1.165) is 30.3 Å². The Morgan fingerprint density at radius 2 is 1.44 bits per heavy atom. The number of halogens is 3. The smallest absolute Gasteiger partial charge is 0.129 e. The summed E-state index contributed by atoms with van der Waals surface area (Å²) in [5, 5.41) is 9.95. The van der Waals surface area contributed by atoms with Gasteiger partial charge in [0.25, 0.3) is 0 Å². The van der Waals surface area contributed by atoms with Crippen LogP contribution in [0.3, 0.4) is 0 Å². The molecular formula is C13H10F3NO. The largest absolute Gasteiger partial charge is 0.398 e. The van der Waals surface area contributed by atoms with Crippen LogP contribution in [0.15, 0.2) is 36.4 Å². The third kappa shape index (κ3) is 2.31. The van der Waals surface area contributed by atoms with E-state index < -0.39 is 23.6 Å². The van der Waals surface area contributed by atoms with Crippen molar-refractivity contribution < 1.29 is 18.3 Å². The average Bonchev–Trinajstić information content (AvgIpc) is 2.34. The van der Waals surface area contributed by atoms with Crippen molar-refractivity contribution >= 4 is 5.69 Å². The molecule has 0 radical (unpaired) electrons. The quantitative estimate of drug-likeness (QED) is 0.808. The second kappa shape index (κ2) is 4.70. The summed E-state index contributed by atoms with van der Waals surface area (Å²) < 4.78 is 39.6. The van der Waals surface area contributed by atoms with Crippen molar-refractivity contribution in [2.24, 2.45) is 0 Å². The summed E-state index contributed by atoms with van der Waals surface area (Å²) in [6, 6.07) is 6.04. The predicted octanol–water partition coefficient (Wildman–Crippen LogP) is 2.77. The number of nitrogens with two attached hydrogens (primary N) is 1. The molecule has 0 amide bonds. The van der Waals surface area contributed by atoms with E-state index in [2.05, 4.69) is 0 Å². The first-order valence-corrected chi connectivity index (χ1v) is 5.17. The summed E-state index contributed by atoms with van der Waals surface area (Å²) >= 11 is 0. The maximum absolute atomic E-state index is 13.5. The molecule has 0 aromatic heterocycles. The zero-order valence-corrected chi connectivity index (χ0v) is 9.20. The van der Waals surface area contributed by atoms with Crippen molar-refractivity contribution in [3.8, 4) is 0 Å². The van der Waals surface area contributed by atoms with Crippen LogP contribution in [-0.2, 0) is 0 Å². The van der Waals surface area contributed by atoms with E-state index in [0.29, 0.717) is 0 Å². The van der Waals surface area contributed by atoms with Crippen LogP contribution in [0.25, 0.3) is 0 Å². The van der Waals surface area contributed by atoms with Gasteiger partial charge in [-0.1, -0.05) is 0 Å². The lowest BCUT2D eigenvalue weighted by molar-refractivity contribution is 0.214. The predicted molar refractivity (Wildman–Crippen MR) is 61.2 cm³/mol. The maximum atomic E-state index is 13.5. The summed E-state index contributed by atoms with van der Waals surface area (Å²) in [5.41, 5.74) is 5.39. The van der Waals surface area contributed by atoms with Gasteiger partial charge in [-0.25, -0.2) is 13.2 Å².